The molecule has 0 aromatic heterocycles. The summed E-state index contributed by atoms with van der Waals surface area (Å²) in [5, 5.41) is 0. The third-order valence-electron chi connectivity index (χ3n) is 3.66. The van der Waals surface area contributed by atoms with Crippen LogP contribution in [0.2, 0.25) is 0 Å². The smallest absolute Gasteiger partial charge is 0.410 e. The van der Waals surface area contributed by atoms with Crippen LogP contribution in [0.15, 0.2) is 0 Å². The molecule has 21 heavy (non-hydrogen) atoms. The number of likely N-dealkylation sites (tertiary alicyclic amines) is 1. The molecule has 1 saturated heterocycles. The number of hydrogen-bond donors (Lipinski definition) is 0. The van der Waals surface area contributed by atoms with E-state index in [9.17, 15) is 9.59 Å². The molecule has 0 spiro atoms. The molecule has 1 heterocycles. The third kappa shape index (κ3) is 5.56. The van der Waals surface area contributed by atoms with Crippen molar-refractivity contribution in [1.82, 2.24) is 4.90 Å². The van der Waals surface area contributed by atoms with Crippen LogP contribution < -0.4 is 0 Å². The summed E-state index contributed by atoms with van der Waals surface area (Å²) in [6.07, 6.45) is 1.78. The highest BCUT2D eigenvalue weighted by atomic mass is 16.6. The molecule has 1 aliphatic rings. The van der Waals surface area contributed by atoms with Gasteiger partial charge in [0.05, 0.1) is 6.61 Å². The molecule has 0 aliphatic carbocycles. The predicted molar refractivity (Wildman–Crippen MR) is 81.0 cm³/mol. The van der Waals surface area contributed by atoms with Gasteiger partial charge in [-0.3, -0.25) is 4.79 Å². The molecular formula is C16H29NO4. The summed E-state index contributed by atoms with van der Waals surface area (Å²) in [6, 6.07) is 0.144. The third-order valence-corrected chi connectivity index (χ3v) is 3.66. The van der Waals surface area contributed by atoms with Crippen LogP contribution in [0.5, 0.6) is 0 Å². The van der Waals surface area contributed by atoms with Crippen molar-refractivity contribution in [3.8, 4) is 0 Å². The van der Waals surface area contributed by atoms with Crippen molar-refractivity contribution in [3.63, 3.8) is 0 Å². The van der Waals surface area contributed by atoms with E-state index < -0.39 is 5.60 Å². The maximum Gasteiger partial charge on any atom is 0.410 e. The zero-order chi connectivity index (χ0) is 16.2. The van der Waals surface area contributed by atoms with Crippen molar-refractivity contribution < 1.29 is 19.1 Å². The zero-order valence-electron chi connectivity index (χ0n) is 14.1. The van der Waals surface area contributed by atoms with Gasteiger partial charge in [0.25, 0.3) is 0 Å². The minimum absolute atomic E-state index is 0.0722. The van der Waals surface area contributed by atoms with Gasteiger partial charge in [-0.2, -0.15) is 0 Å². The lowest BCUT2D eigenvalue weighted by Gasteiger charge is -2.42. The summed E-state index contributed by atoms with van der Waals surface area (Å²) in [5.41, 5.74) is -0.488. The zero-order valence-corrected chi connectivity index (χ0v) is 14.1. The molecule has 0 aromatic rings. The lowest BCUT2D eigenvalue weighted by Crippen LogP contribution is -2.51. The van der Waals surface area contributed by atoms with Gasteiger partial charge >= 0.3 is 12.1 Å². The molecule has 1 aliphatic heterocycles. The van der Waals surface area contributed by atoms with Crippen LogP contribution in [0.25, 0.3) is 0 Å². The Morgan fingerprint density at radius 1 is 1.14 bits per heavy atom. The van der Waals surface area contributed by atoms with Crippen molar-refractivity contribution >= 4 is 12.1 Å². The van der Waals surface area contributed by atoms with E-state index in [1.165, 1.54) is 0 Å². The first-order valence-corrected chi connectivity index (χ1v) is 7.81. The van der Waals surface area contributed by atoms with Gasteiger partial charge in [-0.15, -0.1) is 0 Å². The molecular weight excluding hydrogens is 270 g/mol. The van der Waals surface area contributed by atoms with Gasteiger partial charge in [0, 0.05) is 18.5 Å². The molecule has 0 aromatic carbocycles. The minimum Gasteiger partial charge on any atom is -0.466 e. The number of amides is 1. The van der Waals surface area contributed by atoms with Gasteiger partial charge in [-0.1, -0.05) is 0 Å². The van der Waals surface area contributed by atoms with E-state index >= 15 is 0 Å². The van der Waals surface area contributed by atoms with Gasteiger partial charge in [0.15, 0.2) is 0 Å². The molecule has 0 saturated carbocycles. The van der Waals surface area contributed by atoms with E-state index in [4.69, 9.17) is 9.47 Å². The standard InChI is InChI=1S/C16H29NO4/c1-7-20-14(18)10-13-8-11(2)17(12(3)9-13)15(19)21-16(4,5)6/h11-13H,7-10H2,1-6H3/t11-,12+,13?. The minimum atomic E-state index is -0.488. The Morgan fingerprint density at radius 3 is 2.10 bits per heavy atom. The SMILES string of the molecule is CCOC(=O)CC1C[C@@H](C)N(C(=O)OC(C)(C)C)[C@@H](C)C1. The van der Waals surface area contributed by atoms with Crippen LogP contribution in [0.1, 0.15) is 60.8 Å². The fraction of sp³-hybridized carbons (Fsp3) is 0.875. The number of rotatable bonds is 3. The molecule has 5 heteroatoms. The monoisotopic (exact) mass is 299 g/mol. The largest absolute Gasteiger partial charge is 0.466 e. The second-order valence-electron chi connectivity index (χ2n) is 6.93. The van der Waals surface area contributed by atoms with E-state index in [-0.39, 0.29) is 30.1 Å². The average Bonchev–Trinajstić information content (AvgIpc) is 2.24. The van der Waals surface area contributed by atoms with E-state index in [2.05, 4.69) is 0 Å². The summed E-state index contributed by atoms with van der Waals surface area (Å²) >= 11 is 0. The van der Waals surface area contributed by atoms with Gasteiger partial charge in [-0.25, -0.2) is 4.79 Å². The first-order valence-electron chi connectivity index (χ1n) is 7.81. The van der Waals surface area contributed by atoms with E-state index in [0.29, 0.717) is 13.0 Å². The number of piperidine rings is 1. The Labute approximate surface area is 128 Å². The summed E-state index contributed by atoms with van der Waals surface area (Å²) in [7, 11) is 0. The van der Waals surface area contributed by atoms with Crippen LogP contribution in [-0.4, -0.2) is 41.3 Å². The van der Waals surface area contributed by atoms with Crippen LogP contribution in [0, 0.1) is 5.92 Å². The van der Waals surface area contributed by atoms with Crippen molar-refractivity contribution in [2.75, 3.05) is 6.61 Å². The number of nitrogens with zero attached hydrogens (tertiary/aromatic N) is 1. The van der Waals surface area contributed by atoms with E-state index in [1.807, 2.05) is 41.5 Å². The highest BCUT2D eigenvalue weighted by Crippen LogP contribution is 2.31. The van der Waals surface area contributed by atoms with Gasteiger partial charge in [0.2, 0.25) is 0 Å². The average molecular weight is 299 g/mol. The maximum absolute atomic E-state index is 12.3. The number of carbonyl (C=O) groups excluding carboxylic acids is 2. The quantitative estimate of drug-likeness (QED) is 0.750. The molecule has 1 rings (SSSR count). The van der Waals surface area contributed by atoms with Crippen LogP contribution in [0.4, 0.5) is 4.79 Å². The second kappa shape index (κ2) is 7.14. The first kappa shape index (κ1) is 17.8. The van der Waals surface area contributed by atoms with E-state index in [1.54, 1.807) is 4.90 Å². The fourth-order valence-corrected chi connectivity index (χ4v) is 3.02. The Morgan fingerprint density at radius 2 is 1.67 bits per heavy atom. The molecule has 122 valence electrons. The Bertz CT molecular complexity index is 363. The molecule has 0 N–H and O–H groups in total. The maximum atomic E-state index is 12.3. The lowest BCUT2D eigenvalue weighted by atomic mass is 9.85. The Hall–Kier alpha value is -1.26. The number of hydrogen-bond acceptors (Lipinski definition) is 4. The molecule has 1 fully saturated rings. The number of carbonyl (C=O) groups is 2. The van der Waals surface area contributed by atoms with Crippen molar-refractivity contribution in [1.29, 1.82) is 0 Å². The summed E-state index contributed by atoms with van der Waals surface area (Å²) in [6.45, 7) is 11.9. The fourth-order valence-electron chi connectivity index (χ4n) is 3.02. The molecule has 1 amide bonds. The molecule has 3 atom stereocenters. The van der Waals surface area contributed by atoms with Gasteiger partial charge in [-0.05, 0) is 60.3 Å². The first-order chi connectivity index (χ1) is 9.64. The van der Waals surface area contributed by atoms with Crippen LogP contribution in [-0.2, 0) is 14.3 Å². The topological polar surface area (TPSA) is 55.8 Å². The van der Waals surface area contributed by atoms with Gasteiger partial charge < -0.3 is 14.4 Å². The van der Waals surface area contributed by atoms with E-state index in [0.717, 1.165) is 12.8 Å². The van der Waals surface area contributed by atoms with Gasteiger partial charge in [0.1, 0.15) is 5.60 Å². The molecule has 0 radical (unpaired) electrons. The normalized spacial score (nSPS) is 26.4. The Balaban J connectivity index is 2.62. The summed E-state index contributed by atoms with van der Waals surface area (Å²) < 4.78 is 10.5. The molecule has 5 nitrogen and oxygen atoms in total. The van der Waals surface area contributed by atoms with Crippen LogP contribution >= 0.6 is 0 Å². The predicted octanol–water partition coefficient (Wildman–Crippen LogP) is 3.36. The molecule has 0 bridgehead atoms. The van der Waals surface area contributed by atoms with Crippen molar-refractivity contribution in [2.45, 2.75) is 78.5 Å². The van der Waals surface area contributed by atoms with Crippen molar-refractivity contribution in [3.05, 3.63) is 0 Å². The second-order valence-corrected chi connectivity index (χ2v) is 6.93. The van der Waals surface area contributed by atoms with Crippen molar-refractivity contribution in [2.24, 2.45) is 5.92 Å². The number of esters is 1. The van der Waals surface area contributed by atoms with Crippen LogP contribution in [0.3, 0.4) is 0 Å². The number of ether oxygens (including phenoxy) is 2. The summed E-state index contributed by atoms with van der Waals surface area (Å²) in [5.74, 6) is 0.125. The summed E-state index contributed by atoms with van der Waals surface area (Å²) in [4.78, 5) is 25.7. The highest BCUT2D eigenvalue weighted by Gasteiger charge is 2.37. The highest BCUT2D eigenvalue weighted by molar-refractivity contribution is 5.70. The Kier molecular flexibility index (Phi) is 6.05. The lowest BCUT2D eigenvalue weighted by molar-refractivity contribution is -0.144. The molecule has 1 unspecified atom stereocenters.